The summed E-state index contributed by atoms with van der Waals surface area (Å²) in [4.78, 5) is 11.4. The Labute approximate surface area is 95.6 Å². The number of ether oxygens (including phenoxy) is 1. The van der Waals surface area contributed by atoms with E-state index in [1.165, 1.54) is 12.7 Å². The quantitative estimate of drug-likeness (QED) is 0.529. The van der Waals surface area contributed by atoms with Crippen LogP contribution in [0.15, 0.2) is 24.3 Å². The zero-order chi connectivity index (χ0) is 11.6. The van der Waals surface area contributed by atoms with Crippen molar-refractivity contribution in [1.29, 1.82) is 0 Å². The summed E-state index contributed by atoms with van der Waals surface area (Å²) in [6.45, 7) is 2.04. The van der Waals surface area contributed by atoms with E-state index < -0.39 is 5.41 Å². The third-order valence-electron chi connectivity index (χ3n) is 2.82. The van der Waals surface area contributed by atoms with Gasteiger partial charge in [-0.3, -0.25) is 4.79 Å². The van der Waals surface area contributed by atoms with Gasteiger partial charge in [0.05, 0.1) is 7.11 Å². The lowest BCUT2D eigenvalue weighted by Gasteiger charge is -2.03. The first-order chi connectivity index (χ1) is 7.66. The van der Waals surface area contributed by atoms with Gasteiger partial charge in [0.1, 0.15) is 5.41 Å². The Morgan fingerprint density at radius 1 is 1.31 bits per heavy atom. The molecule has 0 N–H and O–H groups in total. The van der Waals surface area contributed by atoms with Gasteiger partial charge in [-0.05, 0) is 31.9 Å². The first-order valence-electron chi connectivity index (χ1n) is 5.34. The molecule has 1 aliphatic rings. The lowest BCUT2D eigenvalue weighted by atomic mass is 10.1. The minimum absolute atomic E-state index is 0.202. The van der Waals surface area contributed by atoms with Gasteiger partial charge in [-0.1, -0.05) is 29.5 Å². The lowest BCUT2D eigenvalue weighted by Crippen LogP contribution is -2.15. The summed E-state index contributed by atoms with van der Waals surface area (Å²) in [7, 11) is 1.41. The molecular formula is C14H14O2. The Morgan fingerprint density at radius 3 is 2.44 bits per heavy atom. The van der Waals surface area contributed by atoms with Gasteiger partial charge in [-0.2, -0.15) is 0 Å². The highest BCUT2D eigenvalue weighted by molar-refractivity contribution is 5.83. The number of hydrogen-bond donors (Lipinski definition) is 0. The first-order valence-corrected chi connectivity index (χ1v) is 5.34. The fraction of sp³-hybridized carbons (Fsp3) is 0.357. The highest BCUT2D eigenvalue weighted by Gasteiger charge is 2.50. The minimum Gasteiger partial charge on any atom is -0.468 e. The van der Waals surface area contributed by atoms with Crippen molar-refractivity contribution in [3.05, 3.63) is 35.4 Å². The van der Waals surface area contributed by atoms with Crippen LogP contribution in [-0.4, -0.2) is 13.1 Å². The molecule has 1 aromatic carbocycles. The van der Waals surface area contributed by atoms with Crippen LogP contribution in [0.3, 0.4) is 0 Å². The van der Waals surface area contributed by atoms with Crippen LogP contribution < -0.4 is 0 Å². The second-order valence-corrected chi connectivity index (χ2v) is 4.19. The molecule has 0 aliphatic heterocycles. The van der Waals surface area contributed by atoms with Gasteiger partial charge in [-0.15, -0.1) is 0 Å². The van der Waals surface area contributed by atoms with Crippen molar-refractivity contribution in [3.8, 4) is 11.8 Å². The molecule has 0 bridgehead atoms. The van der Waals surface area contributed by atoms with E-state index in [9.17, 15) is 4.79 Å². The molecule has 1 fully saturated rings. The van der Waals surface area contributed by atoms with E-state index >= 15 is 0 Å². The number of esters is 1. The third kappa shape index (κ3) is 2.09. The van der Waals surface area contributed by atoms with E-state index in [0.717, 1.165) is 18.4 Å². The largest absolute Gasteiger partial charge is 0.468 e. The maximum atomic E-state index is 11.4. The number of carbonyl (C=O) groups excluding carboxylic acids is 1. The van der Waals surface area contributed by atoms with Crippen LogP contribution in [0.25, 0.3) is 0 Å². The smallest absolute Gasteiger partial charge is 0.324 e. The molecule has 82 valence electrons. The maximum absolute atomic E-state index is 11.4. The number of methoxy groups -OCH3 is 1. The molecule has 0 heterocycles. The highest BCUT2D eigenvalue weighted by Crippen LogP contribution is 2.46. The van der Waals surface area contributed by atoms with Gasteiger partial charge >= 0.3 is 5.97 Å². The molecule has 0 atom stereocenters. The normalized spacial score (nSPS) is 15.9. The Morgan fingerprint density at radius 2 is 1.94 bits per heavy atom. The molecule has 0 amide bonds. The number of benzene rings is 1. The summed E-state index contributed by atoms with van der Waals surface area (Å²) < 4.78 is 4.74. The zero-order valence-corrected chi connectivity index (χ0v) is 9.54. The summed E-state index contributed by atoms with van der Waals surface area (Å²) in [5.74, 6) is 5.87. The van der Waals surface area contributed by atoms with E-state index in [1.54, 1.807) is 0 Å². The van der Waals surface area contributed by atoms with Crippen molar-refractivity contribution in [2.45, 2.75) is 19.8 Å². The SMILES string of the molecule is COC(=O)C1(C#Cc2ccc(C)cc2)CC1. The molecule has 1 aliphatic carbocycles. The van der Waals surface area contributed by atoms with Gasteiger partial charge in [0, 0.05) is 5.56 Å². The average molecular weight is 214 g/mol. The summed E-state index contributed by atoms with van der Waals surface area (Å²) in [6.07, 6.45) is 1.64. The Kier molecular flexibility index (Phi) is 2.70. The zero-order valence-electron chi connectivity index (χ0n) is 9.54. The molecule has 2 nitrogen and oxygen atoms in total. The van der Waals surface area contributed by atoms with Crippen molar-refractivity contribution in [3.63, 3.8) is 0 Å². The van der Waals surface area contributed by atoms with E-state index in [4.69, 9.17) is 4.74 Å². The van der Waals surface area contributed by atoms with Crippen LogP contribution in [0.5, 0.6) is 0 Å². The molecule has 16 heavy (non-hydrogen) atoms. The van der Waals surface area contributed by atoms with Gasteiger partial charge in [-0.25, -0.2) is 0 Å². The second kappa shape index (κ2) is 4.02. The van der Waals surface area contributed by atoms with Crippen molar-refractivity contribution in [2.75, 3.05) is 7.11 Å². The summed E-state index contributed by atoms with van der Waals surface area (Å²) in [6, 6.07) is 7.97. The Balaban J connectivity index is 2.16. The molecule has 0 spiro atoms. The van der Waals surface area contributed by atoms with E-state index in [2.05, 4.69) is 11.8 Å². The van der Waals surface area contributed by atoms with Gasteiger partial charge in [0.2, 0.25) is 0 Å². The topological polar surface area (TPSA) is 26.3 Å². The van der Waals surface area contributed by atoms with Crippen molar-refractivity contribution in [1.82, 2.24) is 0 Å². The monoisotopic (exact) mass is 214 g/mol. The fourth-order valence-corrected chi connectivity index (χ4v) is 1.53. The Hall–Kier alpha value is -1.75. The number of aryl methyl sites for hydroxylation is 1. The van der Waals surface area contributed by atoms with Crippen molar-refractivity contribution in [2.24, 2.45) is 5.41 Å². The maximum Gasteiger partial charge on any atom is 0.324 e. The van der Waals surface area contributed by atoms with E-state index in [0.29, 0.717) is 0 Å². The fourth-order valence-electron chi connectivity index (χ4n) is 1.53. The van der Waals surface area contributed by atoms with E-state index in [1.807, 2.05) is 31.2 Å². The van der Waals surface area contributed by atoms with Crippen LogP contribution >= 0.6 is 0 Å². The molecule has 0 aromatic heterocycles. The predicted molar refractivity (Wildman–Crippen MR) is 61.7 cm³/mol. The first kappa shape index (κ1) is 10.8. The third-order valence-corrected chi connectivity index (χ3v) is 2.82. The van der Waals surface area contributed by atoms with Crippen LogP contribution in [0.1, 0.15) is 24.0 Å². The Bertz CT molecular complexity index is 456. The lowest BCUT2D eigenvalue weighted by molar-refractivity contribution is -0.144. The molecule has 0 saturated heterocycles. The molecule has 0 radical (unpaired) electrons. The van der Waals surface area contributed by atoms with Crippen LogP contribution in [0.2, 0.25) is 0 Å². The average Bonchev–Trinajstić information content (AvgIpc) is 3.08. The standard InChI is InChI=1S/C14H14O2/c1-11-3-5-12(6-4-11)7-8-14(9-10-14)13(15)16-2/h3-6H,9-10H2,1-2H3. The molecule has 1 aromatic rings. The summed E-state index contributed by atoms with van der Waals surface area (Å²) in [5, 5.41) is 0. The van der Waals surface area contributed by atoms with Gasteiger partial charge < -0.3 is 4.74 Å². The number of rotatable bonds is 1. The van der Waals surface area contributed by atoms with Gasteiger partial charge in [0.25, 0.3) is 0 Å². The van der Waals surface area contributed by atoms with Crippen LogP contribution in [-0.2, 0) is 9.53 Å². The van der Waals surface area contributed by atoms with Crippen molar-refractivity contribution < 1.29 is 9.53 Å². The van der Waals surface area contributed by atoms with Crippen LogP contribution in [0, 0.1) is 24.2 Å². The second-order valence-electron chi connectivity index (χ2n) is 4.19. The molecule has 1 saturated carbocycles. The van der Waals surface area contributed by atoms with Crippen molar-refractivity contribution >= 4 is 5.97 Å². The number of hydrogen-bond acceptors (Lipinski definition) is 2. The molecule has 0 unspecified atom stereocenters. The highest BCUT2D eigenvalue weighted by atomic mass is 16.5. The van der Waals surface area contributed by atoms with E-state index in [-0.39, 0.29) is 5.97 Å². The minimum atomic E-state index is -0.514. The molecule has 2 rings (SSSR count). The summed E-state index contributed by atoms with van der Waals surface area (Å²) >= 11 is 0. The number of carbonyl (C=O) groups is 1. The molecule has 2 heteroatoms. The predicted octanol–water partition coefficient (Wildman–Crippen LogP) is 2.30. The molecular weight excluding hydrogens is 200 g/mol. The van der Waals surface area contributed by atoms with Crippen LogP contribution in [0.4, 0.5) is 0 Å². The van der Waals surface area contributed by atoms with Gasteiger partial charge in [0.15, 0.2) is 0 Å². The summed E-state index contributed by atoms with van der Waals surface area (Å²) in [5.41, 5.74) is 1.64.